The van der Waals surface area contributed by atoms with E-state index in [1.54, 1.807) is 0 Å². The topological polar surface area (TPSA) is 29.5 Å². The molecule has 1 aromatic rings. The molecule has 0 aromatic heterocycles. The smallest absolute Gasteiger partial charge is 0.129 e. The third-order valence-corrected chi connectivity index (χ3v) is 3.42. The molecule has 0 aliphatic carbocycles. The second-order valence-corrected chi connectivity index (χ2v) is 5.93. The SMILES string of the molecule is Cc1ccc(C(C)(C)C)c2c1C(O)CCCO2. The lowest BCUT2D eigenvalue weighted by atomic mass is 9.83. The van der Waals surface area contributed by atoms with Gasteiger partial charge >= 0.3 is 0 Å². The summed E-state index contributed by atoms with van der Waals surface area (Å²) in [5.41, 5.74) is 3.36. The van der Waals surface area contributed by atoms with Crippen molar-refractivity contribution in [3.05, 3.63) is 28.8 Å². The minimum atomic E-state index is -0.380. The standard InChI is InChI=1S/C15H22O2/c1-10-7-8-11(15(2,3)4)14-13(10)12(16)6-5-9-17-14/h7-8,12,16H,5-6,9H2,1-4H3. The van der Waals surface area contributed by atoms with Crippen LogP contribution in [0.2, 0.25) is 0 Å². The van der Waals surface area contributed by atoms with E-state index in [1.807, 2.05) is 6.92 Å². The van der Waals surface area contributed by atoms with Crippen molar-refractivity contribution < 1.29 is 9.84 Å². The van der Waals surface area contributed by atoms with E-state index in [-0.39, 0.29) is 11.5 Å². The largest absolute Gasteiger partial charge is 0.493 e. The highest BCUT2D eigenvalue weighted by Crippen LogP contribution is 2.41. The van der Waals surface area contributed by atoms with Crippen LogP contribution < -0.4 is 4.74 Å². The average Bonchev–Trinajstić information content (AvgIpc) is 2.40. The highest BCUT2D eigenvalue weighted by molar-refractivity contribution is 5.50. The zero-order valence-electron chi connectivity index (χ0n) is 11.2. The molecule has 0 amide bonds. The Hall–Kier alpha value is -1.02. The van der Waals surface area contributed by atoms with Crippen molar-refractivity contribution in [3.63, 3.8) is 0 Å². The Morgan fingerprint density at radius 3 is 2.65 bits per heavy atom. The quantitative estimate of drug-likeness (QED) is 0.744. The Bertz CT molecular complexity index is 416. The number of aliphatic hydroxyl groups excluding tert-OH is 1. The molecule has 0 saturated heterocycles. The van der Waals surface area contributed by atoms with Crippen molar-refractivity contribution in [2.24, 2.45) is 0 Å². The number of rotatable bonds is 0. The maximum absolute atomic E-state index is 10.2. The first-order valence-corrected chi connectivity index (χ1v) is 6.36. The van der Waals surface area contributed by atoms with Gasteiger partial charge in [0.1, 0.15) is 5.75 Å². The second kappa shape index (κ2) is 4.34. The molecule has 2 rings (SSSR count). The van der Waals surface area contributed by atoms with Gasteiger partial charge in [-0.2, -0.15) is 0 Å². The first kappa shape index (κ1) is 12.4. The van der Waals surface area contributed by atoms with Gasteiger partial charge in [0.25, 0.3) is 0 Å². The monoisotopic (exact) mass is 234 g/mol. The zero-order valence-corrected chi connectivity index (χ0v) is 11.2. The number of hydrogen-bond acceptors (Lipinski definition) is 2. The molecule has 0 saturated carbocycles. The van der Waals surface area contributed by atoms with Crippen LogP contribution in [0, 0.1) is 6.92 Å². The maximum atomic E-state index is 10.2. The molecule has 1 aliphatic rings. The third-order valence-electron chi connectivity index (χ3n) is 3.42. The van der Waals surface area contributed by atoms with E-state index in [4.69, 9.17) is 4.74 Å². The predicted molar refractivity (Wildman–Crippen MR) is 69.6 cm³/mol. The van der Waals surface area contributed by atoms with Gasteiger partial charge < -0.3 is 9.84 Å². The number of hydrogen-bond donors (Lipinski definition) is 1. The van der Waals surface area contributed by atoms with Gasteiger partial charge in [-0.25, -0.2) is 0 Å². The Labute approximate surface area is 104 Å². The van der Waals surface area contributed by atoms with E-state index in [0.717, 1.165) is 29.7 Å². The average molecular weight is 234 g/mol. The normalized spacial score (nSPS) is 20.4. The Morgan fingerprint density at radius 1 is 1.29 bits per heavy atom. The number of fused-ring (bicyclic) bond motifs is 1. The molecule has 0 fully saturated rings. The van der Waals surface area contributed by atoms with Gasteiger partial charge in [-0.15, -0.1) is 0 Å². The number of aryl methyl sites for hydroxylation is 1. The molecule has 0 spiro atoms. The van der Waals surface area contributed by atoms with E-state index < -0.39 is 0 Å². The van der Waals surface area contributed by atoms with Crippen LogP contribution in [0.15, 0.2) is 12.1 Å². The summed E-state index contributed by atoms with van der Waals surface area (Å²) in [7, 11) is 0. The summed E-state index contributed by atoms with van der Waals surface area (Å²) in [6.07, 6.45) is 1.33. The van der Waals surface area contributed by atoms with E-state index >= 15 is 0 Å². The van der Waals surface area contributed by atoms with Gasteiger partial charge in [0.2, 0.25) is 0 Å². The van der Waals surface area contributed by atoms with E-state index in [9.17, 15) is 5.11 Å². The summed E-state index contributed by atoms with van der Waals surface area (Å²) < 4.78 is 5.90. The van der Waals surface area contributed by atoms with Gasteiger partial charge in [0, 0.05) is 5.56 Å². The number of aliphatic hydroxyl groups is 1. The van der Waals surface area contributed by atoms with Crippen molar-refractivity contribution >= 4 is 0 Å². The fourth-order valence-corrected chi connectivity index (χ4v) is 2.45. The third kappa shape index (κ3) is 2.32. The maximum Gasteiger partial charge on any atom is 0.129 e. The lowest BCUT2D eigenvalue weighted by Gasteiger charge is -2.25. The summed E-state index contributed by atoms with van der Waals surface area (Å²) in [6.45, 7) is 9.29. The van der Waals surface area contributed by atoms with Crippen LogP contribution in [0.3, 0.4) is 0 Å². The molecule has 1 unspecified atom stereocenters. The van der Waals surface area contributed by atoms with Crippen LogP contribution in [0.5, 0.6) is 5.75 Å². The molecule has 1 heterocycles. The molecular formula is C15H22O2. The van der Waals surface area contributed by atoms with Gasteiger partial charge in [-0.3, -0.25) is 0 Å². The van der Waals surface area contributed by atoms with Gasteiger partial charge in [-0.05, 0) is 36.3 Å². The second-order valence-electron chi connectivity index (χ2n) is 5.93. The van der Waals surface area contributed by atoms with Crippen LogP contribution in [0.1, 0.15) is 56.4 Å². The first-order valence-electron chi connectivity index (χ1n) is 6.36. The molecule has 0 radical (unpaired) electrons. The van der Waals surface area contributed by atoms with Crippen molar-refractivity contribution in [2.75, 3.05) is 6.61 Å². The summed E-state index contributed by atoms with van der Waals surface area (Å²) in [6, 6.07) is 4.23. The Kier molecular flexibility index (Phi) is 3.17. The molecule has 1 aliphatic heterocycles. The van der Waals surface area contributed by atoms with Crippen LogP contribution in [0.4, 0.5) is 0 Å². The lowest BCUT2D eigenvalue weighted by Crippen LogP contribution is -2.15. The van der Waals surface area contributed by atoms with Gasteiger partial charge in [-0.1, -0.05) is 32.9 Å². The molecule has 0 bridgehead atoms. The van der Waals surface area contributed by atoms with E-state index in [2.05, 4.69) is 32.9 Å². The molecule has 17 heavy (non-hydrogen) atoms. The minimum Gasteiger partial charge on any atom is -0.493 e. The number of benzene rings is 1. The van der Waals surface area contributed by atoms with Crippen LogP contribution in [-0.2, 0) is 5.41 Å². The Morgan fingerprint density at radius 2 is 2.00 bits per heavy atom. The molecule has 2 heteroatoms. The van der Waals surface area contributed by atoms with Crippen molar-refractivity contribution in [1.82, 2.24) is 0 Å². The molecule has 94 valence electrons. The molecule has 1 atom stereocenters. The van der Waals surface area contributed by atoms with E-state index in [1.165, 1.54) is 5.56 Å². The zero-order chi connectivity index (χ0) is 12.6. The van der Waals surface area contributed by atoms with Crippen LogP contribution in [0.25, 0.3) is 0 Å². The van der Waals surface area contributed by atoms with E-state index in [0.29, 0.717) is 6.61 Å². The van der Waals surface area contributed by atoms with Crippen molar-refractivity contribution in [3.8, 4) is 5.75 Å². The van der Waals surface area contributed by atoms with Gasteiger partial charge in [0.15, 0.2) is 0 Å². The highest BCUT2D eigenvalue weighted by atomic mass is 16.5. The fraction of sp³-hybridized carbons (Fsp3) is 0.600. The number of ether oxygens (including phenoxy) is 1. The van der Waals surface area contributed by atoms with Crippen molar-refractivity contribution in [2.45, 2.75) is 52.1 Å². The molecule has 1 aromatic carbocycles. The highest BCUT2D eigenvalue weighted by Gasteiger charge is 2.27. The first-order chi connectivity index (χ1) is 7.91. The molecule has 2 nitrogen and oxygen atoms in total. The molecular weight excluding hydrogens is 212 g/mol. The summed E-state index contributed by atoms with van der Waals surface area (Å²) >= 11 is 0. The minimum absolute atomic E-state index is 0.0435. The fourth-order valence-electron chi connectivity index (χ4n) is 2.45. The summed E-state index contributed by atoms with van der Waals surface area (Å²) in [5.74, 6) is 0.919. The summed E-state index contributed by atoms with van der Waals surface area (Å²) in [4.78, 5) is 0. The summed E-state index contributed by atoms with van der Waals surface area (Å²) in [5, 5.41) is 10.2. The van der Waals surface area contributed by atoms with Crippen LogP contribution >= 0.6 is 0 Å². The lowest BCUT2D eigenvalue weighted by molar-refractivity contribution is 0.167. The predicted octanol–water partition coefficient (Wildman–Crippen LogP) is 3.50. The van der Waals surface area contributed by atoms with Gasteiger partial charge in [0.05, 0.1) is 12.7 Å². The van der Waals surface area contributed by atoms with Crippen LogP contribution in [-0.4, -0.2) is 11.7 Å². The Balaban J connectivity index is 2.62. The molecule has 1 N–H and O–H groups in total. The van der Waals surface area contributed by atoms with Crippen molar-refractivity contribution in [1.29, 1.82) is 0 Å².